The number of ether oxygens (including phenoxy) is 4. The minimum absolute atomic E-state index is 0.0423. The highest BCUT2D eigenvalue weighted by Crippen LogP contribution is 2.42. The van der Waals surface area contributed by atoms with Crippen LogP contribution in [-0.2, 0) is 42.6 Å². The number of aliphatic imine (C=N–C) groups is 1. The fraction of sp³-hybridized carbons (Fsp3) is 0.333. The highest BCUT2D eigenvalue weighted by atomic mass is 35.5. The van der Waals surface area contributed by atoms with Crippen molar-refractivity contribution in [3.05, 3.63) is 123 Å². The van der Waals surface area contributed by atoms with E-state index in [1.54, 1.807) is 35.4 Å². The Morgan fingerprint density at radius 3 is 2.38 bits per heavy atom. The van der Waals surface area contributed by atoms with Gasteiger partial charge in [0.15, 0.2) is 0 Å². The summed E-state index contributed by atoms with van der Waals surface area (Å²) in [6.45, 7) is 1.62. The van der Waals surface area contributed by atoms with E-state index >= 15 is 0 Å². The van der Waals surface area contributed by atoms with Gasteiger partial charge in [-0.25, -0.2) is 24.7 Å². The normalized spacial score (nSPS) is 16.2. The fourth-order valence-corrected chi connectivity index (χ4v) is 5.91. The van der Waals surface area contributed by atoms with Gasteiger partial charge in [0.25, 0.3) is 5.91 Å². The maximum Gasteiger partial charge on any atom is 0.426 e. The van der Waals surface area contributed by atoms with Crippen molar-refractivity contribution >= 4 is 29.3 Å². The number of methoxy groups -OCH3 is 1. The van der Waals surface area contributed by atoms with Crippen LogP contribution in [0, 0.1) is 5.82 Å². The summed E-state index contributed by atoms with van der Waals surface area (Å²) < 4.78 is 77.3. The van der Waals surface area contributed by atoms with E-state index in [1.807, 2.05) is 0 Å². The van der Waals surface area contributed by atoms with E-state index in [0.29, 0.717) is 41.5 Å². The minimum Gasteiger partial charge on any atom is -0.466 e. The number of benzene rings is 2. The number of hydrazine groups is 1. The Hall–Kier alpha value is -5.31. The zero-order valence-electron chi connectivity index (χ0n) is 29.7. The van der Waals surface area contributed by atoms with E-state index in [9.17, 15) is 27.2 Å². The van der Waals surface area contributed by atoms with Crippen molar-refractivity contribution in [3.63, 3.8) is 0 Å². The lowest BCUT2D eigenvalue weighted by atomic mass is 9.95. The highest BCUT2D eigenvalue weighted by Gasteiger charge is 2.65. The molecule has 0 radical (unpaired) electrons. The first-order valence-electron chi connectivity index (χ1n) is 17.1. The first kappa shape index (κ1) is 40.4. The molecule has 20 heteroatoms. The molecule has 1 saturated heterocycles. The number of hydrogen-bond donors (Lipinski definition) is 4. The summed E-state index contributed by atoms with van der Waals surface area (Å²) >= 11 is 6.42. The average molecular weight is 802 g/mol. The van der Waals surface area contributed by atoms with E-state index in [2.05, 4.69) is 36.8 Å². The molecule has 4 aromatic rings. The van der Waals surface area contributed by atoms with Crippen LogP contribution in [0.1, 0.15) is 38.8 Å². The van der Waals surface area contributed by atoms with E-state index in [0.717, 1.165) is 6.07 Å². The molecule has 0 saturated carbocycles. The molecule has 2 aliphatic heterocycles. The van der Waals surface area contributed by atoms with Gasteiger partial charge in [-0.15, -0.1) is 5.10 Å². The maximum absolute atomic E-state index is 13.9. The number of aromatic nitrogens is 4. The summed E-state index contributed by atoms with van der Waals surface area (Å²) in [5, 5.41) is 14.2. The third-order valence-corrected chi connectivity index (χ3v) is 8.90. The second kappa shape index (κ2) is 18.1. The molecule has 4 N–H and O–H groups in total. The third-order valence-electron chi connectivity index (χ3n) is 8.57. The zero-order chi connectivity index (χ0) is 39.7. The Morgan fingerprint density at radius 2 is 1.70 bits per heavy atom. The van der Waals surface area contributed by atoms with Crippen LogP contribution in [0.5, 0.6) is 0 Å². The summed E-state index contributed by atoms with van der Waals surface area (Å²) in [7, 11) is 1.25. The molecule has 2 aromatic carbocycles. The van der Waals surface area contributed by atoms with Gasteiger partial charge in [0.2, 0.25) is 5.66 Å². The molecule has 1 amide bonds. The Kier molecular flexibility index (Phi) is 13.0. The Bertz CT molecular complexity index is 2060. The predicted octanol–water partition coefficient (Wildman–Crippen LogP) is 3.49. The second-order valence-electron chi connectivity index (χ2n) is 12.3. The van der Waals surface area contributed by atoms with Gasteiger partial charge in [-0.2, -0.15) is 13.2 Å². The van der Waals surface area contributed by atoms with Crippen LogP contribution in [-0.4, -0.2) is 90.6 Å². The number of rotatable bonds is 18. The van der Waals surface area contributed by atoms with E-state index < -0.39 is 35.6 Å². The molecule has 1 unspecified atom stereocenters. The lowest BCUT2D eigenvalue weighted by molar-refractivity contribution is -0.165. The summed E-state index contributed by atoms with van der Waals surface area (Å²) in [5.41, 5.74) is 4.26. The number of nitrogens with zero attached hydrogens (tertiary/aromatic N) is 5. The molecule has 0 aliphatic carbocycles. The summed E-state index contributed by atoms with van der Waals surface area (Å²) in [6, 6.07) is 11.6. The Balaban J connectivity index is 0.921. The maximum atomic E-state index is 13.9. The molecule has 56 heavy (non-hydrogen) atoms. The first-order chi connectivity index (χ1) is 27.0. The molecule has 1 atom stereocenters. The molecule has 2 aliphatic rings. The Morgan fingerprint density at radius 1 is 0.964 bits per heavy atom. The number of pyridine rings is 1. The number of nitrogens with one attached hydrogen (secondary N) is 4. The van der Waals surface area contributed by atoms with Gasteiger partial charge >= 0.3 is 12.1 Å². The van der Waals surface area contributed by atoms with Gasteiger partial charge in [0.05, 0.1) is 70.8 Å². The Labute approximate surface area is 322 Å². The summed E-state index contributed by atoms with van der Waals surface area (Å²) in [4.78, 5) is 34.2. The molecule has 1 fully saturated rings. The standard InChI is InChI=1S/C36H36ClF4N9O6/c1-53-34(52)30-29(44-32(22-8-10-42-11-9-22)45-31(30)27-7-6-25(38)18-28(27)37)21-56-20-26-19-50(49-46-26)13-15-55-17-16-54-14-12-43-33(51)23-2-4-24(5-3-23)35(47-48-35)36(39,40)41/h2-11,18-19,31,47-48H,12-17,20-21H2,1H3,(H,43,51)(H,44,45). The second-order valence-corrected chi connectivity index (χ2v) is 12.7. The number of halogens is 5. The van der Waals surface area contributed by atoms with Crippen LogP contribution in [0.4, 0.5) is 17.6 Å². The number of carbonyl (C=O) groups excluding carboxylic acids is 2. The lowest BCUT2D eigenvalue weighted by Gasteiger charge is -2.28. The topological polar surface area (TPSA) is 195 Å². The van der Waals surface area contributed by atoms with E-state index in [1.165, 1.54) is 43.5 Å². The molecular formula is C36H36ClF4N9O6. The van der Waals surface area contributed by atoms with Crippen molar-refractivity contribution in [1.29, 1.82) is 0 Å². The number of esters is 1. The van der Waals surface area contributed by atoms with Crippen molar-refractivity contribution in [2.75, 3.05) is 46.7 Å². The van der Waals surface area contributed by atoms with Crippen LogP contribution < -0.4 is 21.5 Å². The average Bonchev–Trinajstić information content (AvgIpc) is 3.91. The molecular weight excluding hydrogens is 766 g/mol. The molecule has 0 bridgehead atoms. The van der Waals surface area contributed by atoms with E-state index in [4.69, 9.17) is 35.5 Å². The van der Waals surface area contributed by atoms with Crippen LogP contribution in [0.15, 0.2) is 89.5 Å². The lowest BCUT2D eigenvalue weighted by Crippen LogP contribution is -2.35. The number of amides is 1. The van der Waals surface area contributed by atoms with Gasteiger partial charge in [0, 0.05) is 40.7 Å². The molecule has 2 aromatic heterocycles. The summed E-state index contributed by atoms with van der Waals surface area (Å²) in [5.74, 6) is -1.22. The van der Waals surface area contributed by atoms with Crippen molar-refractivity contribution in [3.8, 4) is 0 Å². The van der Waals surface area contributed by atoms with Crippen LogP contribution in [0.2, 0.25) is 5.02 Å². The number of carbonyl (C=O) groups is 2. The van der Waals surface area contributed by atoms with Crippen LogP contribution >= 0.6 is 11.6 Å². The van der Waals surface area contributed by atoms with Gasteiger partial charge in [-0.1, -0.05) is 35.0 Å². The molecule has 0 spiro atoms. The SMILES string of the molecule is COC(=O)C1=C(COCc2cn(CCOCCOCCNC(=O)c3ccc(C4(C(F)(F)F)NN4)cc3)nn2)NC(c2ccncc2)=NC1c1ccc(F)cc1Cl. The monoisotopic (exact) mass is 801 g/mol. The van der Waals surface area contributed by atoms with E-state index in [-0.39, 0.29) is 61.3 Å². The molecule has 15 nitrogen and oxygen atoms in total. The third kappa shape index (κ3) is 9.73. The molecule has 4 heterocycles. The van der Waals surface area contributed by atoms with Crippen molar-refractivity contribution in [2.45, 2.75) is 31.0 Å². The smallest absolute Gasteiger partial charge is 0.426 e. The fourth-order valence-electron chi connectivity index (χ4n) is 5.64. The number of hydrogen-bond acceptors (Lipinski definition) is 13. The quantitative estimate of drug-likeness (QED) is 0.0496. The molecule has 296 valence electrons. The van der Waals surface area contributed by atoms with Gasteiger partial charge in [-0.3, -0.25) is 14.8 Å². The predicted molar refractivity (Wildman–Crippen MR) is 191 cm³/mol. The van der Waals surface area contributed by atoms with Crippen molar-refractivity contribution in [2.24, 2.45) is 4.99 Å². The molecule has 6 rings (SSSR count). The van der Waals surface area contributed by atoms with Gasteiger partial charge < -0.3 is 29.6 Å². The first-order valence-corrected chi connectivity index (χ1v) is 17.5. The zero-order valence-corrected chi connectivity index (χ0v) is 30.5. The number of amidine groups is 1. The highest BCUT2D eigenvalue weighted by molar-refractivity contribution is 6.31. The van der Waals surface area contributed by atoms with Crippen molar-refractivity contribution in [1.82, 2.24) is 41.5 Å². The van der Waals surface area contributed by atoms with Gasteiger partial charge in [0.1, 0.15) is 23.4 Å². The largest absolute Gasteiger partial charge is 0.466 e. The number of alkyl halides is 3. The van der Waals surface area contributed by atoms with Crippen molar-refractivity contribution < 1.29 is 46.1 Å². The minimum atomic E-state index is -4.53. The van der Waals surface area contributed by atoms with Gasteiger partial charge in [-0.05, 0) is 42.0 Å². The summed E-state index contributed by atoms with van der Waals surface area (Å²) in [6.07, 6.45) is 0.366. The van der Waals surface area contributed by atoms with Crippen LogP contribution in [0.3, 0.4) is 0 Å². The van der Waals surface area contributed by atoms with Crippen LogP contribution in [0.25, 0.3) is 0 Å².